The Morgan fingerprint density at radius 1 is 1.10 bits per heavy atom. The minimum Gasteiger partial charge on any atom is -0.480 e. The first-order valence-corrected chi connectivity index (χ1v) is 10.0. The van der Waals surface area contributed by atoms with Gasteiger partial charge >= 0.3 is 18.0 Å². The van der Waals surface area contributed by atoms with Crippen LogP contribution in [-0.4, -0.2) is 58.7 Å². The van der Waals surface area contributed by atoms with Crippen molar-refractivity contribution >= 4 is 23.9 Å². The summed E-state index contributed by atoms with van der Waals surface area (Å²) in [5.74, 6) is -3.19. The van der Waals surface area contributed by atoms with Crippen molar-refractivity contribution in [3.63, 3.8) is 0 Å². The average Bonchev–Trinajstić information content (AvgIpc) is 2.65. The summed E-state index contributed by atoms with van der Waals surface area (Å²) in [5.41, 5.74) is 0.000698. The summed E-state index contributed by atoms with van der Waals surface area (Å²) in [5, 5.41) is 11.8. The zero-order valence-electron chi connectivity index (χ0n) is 18.9. The third-order valence-electron chi connectivity index (χ3n) is 4.23. The van der Waals surface area contributed by atoms with Crippen molar-refractivity contribution in [1.29, 1.82) is 0 Å². The molecule has 0 saturated heterocycles. The lowest BCUT2D eigenvalue weighted by Gasteiger charge is -2.32. The third kappa shape index (κ3) is 9.06. The number of likely N-dealkylation sites (N-methyl/N-ethyl adjacent to an activating group) is 1. The van der Waals surface area contributed by atoms with E-state index in [2.05, 4.69) is 5.32 Å². The number of carbonyl (C=O) groups is 4. The molecular formula is C22H32N2O7. The fourth-order valence-corrected chi connectivity index (χ4v) is 2.79. The molecule has 1 aromatic rings. The van der Waals surface area contributed by atoms with Crippen molar-refractivity contribution in [3.05, 3.63) is 35.9 Å². The minimum absolute atomic E-state index is 0.00401. The molecule has 2 N–H and O–H groups in total. The van der Waals surface area contributed by atoms with E-state index in [0.29, 0.717) is 0 Å². The van der Waals surface area contributed by atoms with E-state index in [-0.39, 0.29) is 12.5 Å². The quantitative estimate of drug-likeness (QED) is 0.571. The lowest BCUT2D eigenvalue weighted by atomic mass is 10.0. The summed E-state index contributed by atoms with van der Waals surface area (Å²) >= 11 is 0. The van der Waals surface area contributed by atoms with Gasteiger partial charge in [-0.15, -0.1) is 0 Å². The van der Waals surface area contributed by atoms with E-state index in [4.69, 9.17) is 9.47 Å². The molecule has 0 unspecified atom stereocenters. The summed E-state index contributed by atoms with van der Waals surface area (Å²) in [6, 6.07) is 6.45. The maximum Gasteiger partial charge on any atom is 0.410 e. The molecule has 9 heteroatoms. The Hall–Kier alpha value is -3.10. The van der Waals surface area contributed by atoms with Crippen LogP contribution in [0.2, 0.25) is 0 Å². The number of ether oxygens (including phenoxy) is 2. The van der Waals surface area contributed by atoms with Crippen molar-refractivity contribution in [2.24, 2.45) is 5.92 Å². The number of hydrogen-bond donors (Lipinski definition) is 2. The summed E-state index contributed by atoms with van der Waals surface area (Å²) in [6.45, 7) is 8.53. The number of carboxylic acids is 1. The number of esters is 1. The number of nitrogens with zero attached hydrogens (tertiary/aromatic N) is 1. The molecule has 1 aromatic carbocycles. The SMILES string of the molecule is CC(C)[C@@H](C(=O)N[C@@H](CC(=O)OCc1ccccc1)C(=O)O)N(C)C(=O)OC(C)(C)C. The van der Waals surface area contributed by atoms with Crippen LogP contribution in [0.4, 0.5) is 4.79 Å². The molecule has 0 aliphatic heterocycles. The van der Waals surface area contributed by atoms with Gasteiger partial charge in [-0.25, -0.2) is 9.59 Å². The highest BCUT2D eigenvalue weighted by atomic mass is 16.6. The van der Waals surface area contributed by atoms with Crippen LogP contribution in [0.15, 0.2) is 30.3 Å². The summed E-state index contributed by atoms with van der Waals surface area (Å²) in [7, 11) is 1.40. The van der Waals surface area contributed by atoms with E-state index in [1.165, 1.54) is 7.05 Å². The van der Waals surface area contributed by atoms with Gasteiger partial charge in [-0.2, -0.15) is 0 Å². The fourth-order valence-electron chi connectivity index (χ4n) is 2.79. The Morgan fingerprint density at radius 3 is 2.16 bits per heavy atom. The van der Waals surface area contributed by atoms with Gasteiger partial charge in [-0.1, -0.05) is 44.2 Å². The van der Waals surface area contributed by atoms with Crippen LogP contribution in [0.1, 0.15) is 46.6 Å². The van der Waals surface area contributed by atoms with Gasteiger partial charge in [-0.3, -0.25) is 14.5 Å². The van der Waals surface area contributed by atoms with Crippen molar-refractivity contribution < 1.29 is 33.8 Å². The number of nitrogens with one attached hydrogen (secondary N) is 1. The molecule has 0 aliphatic rings. The van der Waals surface area contributed by atoms with Gasteiger partial charge in [0.2, 0.25) is 5.91 Å². The molecule has 2 atom stereocenters. The number of rotatable bonds is 9. The normalized spacial score (nSPS) is 13.1. The number of hydrogen-bond acceptors (Lipinski definition) is 6. The molecular weight excluding hydrogens is 404 g/mol. The molecule has 31 heavy (non-hydrogen) atoms. The van der Waals surface area contributed by atoms with Crippen LogP contribution in [0.25, 0.3) is 0 Å². The first-order valence-electron chi connectivity index (χ1n) is 10.0. The Balaban J connectivity index is 2.79. The molecule has 9 nitrogen and oxygen atoms in total. The number of carboxylic acid groups (broad SMARTS) is 1. The van der Waals surface area contributed by atoms with E-state index in [1.807, 2.05) is 6.07 Å². The number of benzene rings is 1. The van der Waals surface area contributed by atoms with Crippen molar-refractivity contribution in [1.82, 2.24) is 10.2 Å². The van der Waals surface area contributed by atoms with Crippen LogP contribution in [0.5, 0.6) is 0 Å². The molecule has 172 valence electrons. The average molecular weight is 437 g/mol. The highest BCUT2D eigenvalue weighted by Gasteiger charge is 2.35. The van der Waals surface area contributed by atoms with Crippen molar-refractivity contribution in [3.8, 4) is 0 Å². The third-order valence-corrected chi connectivity index (χ3v) is 4.23. The van der Waals surface area contributed by atoms with E-state index >= 15 is 0 Å². The van der Waals surface area contributed by atoms with E-state index in [0.717, 1.165) is 10.5 Å². The van der Waals surface area contributed by atoms with Gasteiger partial charge in [0.05, 0.1) is 6.42 Å². The molecule has 0 fully saturated rings. The van der Waals surface area contributed by atoms with E-state index < -0.39 is 48.0 Å². The highest BCUT2D eigenvalue weighted by Crippen LogP contribution is 2.16. The monoisotopic (exact) mass is 436 g/mol. The molecule has 1 rings (SSSR count). The number of carbonyl (C=O) groups excluding carboxylic acids is 3. The molecule has 0 aliphatic carbocycles. The van der Waals surface area contributed by atoms with Gasteiger partial charge < -0.3 is 19.9 Å². The van der Waals surface area contributed by atoms with Gasteiger partial charge in [0.15, 0.2) is 0 Å². The van der Waals surface area contributed by atoms with Crippen LogP contribution in [-0.2, 0) is 30.5 Å². The highest BCUT2D eigenvalue weighted by molar-refractivity contribution is 5.91. The number of aliphatic carboxylic acids is 1. The lowest BCUT2D eigenvalue weighted by molar-refractivity contribution is -0.151. The standard InChI is InChI=1S/C22H32N2O7/c1-14(2)18(24(6)21(29)31-22(3,4)5)19(26)23-16(20(27)28)12-17(25)30-13-15-10-8-7-9-11-15/h7-11,14,16,18H,12-13H2,1-6H3,(H,23,26)(H,27,28)/t16-,18-/m0/s1. The second-order valence-electron chi connectivity index (χ2n) is 8.53. The summed E-state index contributed by atoms with van der Waals surface area (Å²) in [4.78, 5) is 50.0. The second-order valence-corrected chi connectivity index (χ2v) is 8.53. The Morgan fingerprint density at radius 2 is 1.68 bits per heavy atom. The van der Waals surface area contributed by atoms with Crippen LogP contribution in [0, 0.1) is 5.92 Å². The molecule has 0 bridgehead atoms. The molecule has 0 saturated carbocycles. The number of amides is 2. The van der Waals surface area contributed by atoms with Gasteiger partial charge in [0.25, 0.3) is 0 Å². The summed E-state index contributed by atoms with van der Waals surface area (Å²) < 4.78 is 10.4. The topological polar surface area (TPSA) is 122 Å². The van der Waals surface area contributed by atoms with Crippen LogP contribution < -0.4 is 5.32 Å². The van der Waals surface area contributed by atoms with Gasteiger partial charge in [0.1, 0.15) is 24.3 Å². The largest absolute Gasteiger partial charge is 0.480 e. The van der Waals surface area contributed by atoms with Gasteiger partial charge in [0, 0.05) is 7.05 Å². The molecule has 0 aromatic heterocycles. The minimum atomic E-state index is -1.50. The lowest BCUT2D eigenvalue weighted by Crippen LogP contribution is -2.55. The second kappa shape index (κ2) is 11.3. The molecule has 2 amide bonds. The maximum atomic E-state index is 12.8. The van der Waals surface area contributed by atoms with Crippen LogP contribution >= 0.6 is 0 Å². The molecule has 0 spiro atoms. The Labute approximate surface area is 182 Å². The zero-order valence-corrected chi connectivity index (χ0v) is 18.9. The van der Waals surface area contributed by atoms with E-state index in [9.17, 15) is 24.3 Å². The predicted octanol–water partition coefficient (Wildman–Crippen LogP) is 2.58. The zero-order chi connectivity index (χ0) is 23.8. The smallest absolute Gasteiger partial charge is 0.410 e. The van der Waals surface area contributed by atoms with Crippen molar-refractivity contribution in [2.75, 3.05) is 7.05 Å². The first-order chi connectivity index (χ1) is 14.3. The first kappa shape index (κ1) is 25.9. The predicted molar refractivity (Wildman–Crippen MR) is 113 cm³/mol. The van der Waals surface area contributed by atoms with Gasteiger partial charge in [-0.05, 0) is 32.3 Å². The fraction of sp³-hybridized carbons (Fsp3) is 0.545. The molecule has 0 radical (unpaired) electrons. The van der Waals surface area contributed by atoms with Crippen LogP contribution in [0.3, 0.4) is 0 Å². The maximum absolute atomic E-state index is 12.8. The molecule has 0 heterocycles. The van der Waals surface area contributed by atoms with E-state index in [1.54, 1.807) is 58.9 Å². The summed E-state index contributed by atoms with van der Waals surface area (Å²) in [6.07, 6.45) is -1.26. The Kier molecular flexibility index (Phi) is 9.48. The van der Waals surface area contributed by atoms with Crippen molar-refractivity contribution in [2.45, 2.75) is 65.3 Å². The Bertz CT molecular complexity index is 772.